The summed E-state index contributed by atoms with van der Waals surface area (Å²) in [6, 6.07) is 0. The normalized spacial score (nSPS) is 10.5. The molecule has 0 N–H and O–H groups in total. The Balaban J connectivity index is 2.91. The molecule has 0 radical (unpaired) electrons. The average Bonchev–Trinajstić information content (AvgIpc) is 2.30. The highest BCUT2D eigenvalue weighted by Gasteiger charge is 1.93. The number of unbranched alkanes of at least 4 members (excludes halogenated alkanes) is 10. The van der Waals surface area contributed by atoms with E-state index in [1.165, 1.54) is 64.2 Å². The molecule has 0 saturated heterocycles. The summed E-state index contributed by atoms with van der Waals surface area (Å²) in [5, 5.41) is 0.678. The SMILES string of the molecule is CCCCCCCCCCCCCOC(C)=S. The Hall–Kier alpha value is -0.110. The Kier molecular flexibility index (Phi) is 13.9. The fraction of sp³-hybridized carbons (Fsp3) is 0.933. The molecule has 0 unspecified atom stereocenters. The molecule has 102 valence electrons. The van der Waals surface area contributed by atoms with E-state index in [0.29, 0.717) is 5.05 Å². The smallest absolute Gasteiger partial charge is 0.156 e. The van der Waals surface area contributed by atoms with Gasteiger partial charge in [-0.2, -0.15) is 0 Å². The van der Waals surface area contributed by atoms with Gasteiger partial charge in [0.25, 0.3) is 0 Å². The first kappa shape index (κ1) is 16.9. The molecule has 0 aliphatic carbocycles. The van der Waals surface area contributed by atoms with Crippen molar-refractivity contribution in [3.05, 3.63) is 0 Å². The number of hydrogen-bond acceptors (Lipinski definition) is 2. The number of rotatable bonds is 12. The molecule has 0 rings (SSSR count). The Morgan fingerprint density at radius 1 is 0.765 bits per heavy atom. The maximum Gasteiger partial charge on any atom is 0.156 e. The Labute approximate surface area is 113 Å². The molecule has 0 amide bonds. The van der Waals surface area contributed by atoms with Gasteiger partial charge in [-0.1, -0.05) is 71.1 Å². The van der Waals surface area contributed by atoms with Gasteiger partial charge >= 0.3 is 0 Å². The van der Waals surface area contributed by atoms with Crippen molar-refractivity contribution in [2.45, 2.75) is 84.5 Å². The van der Waals surface area contributed by atoms with E-state index in [0.717, 1.165) is 13.0 Å². The van der Waals surface area contributed by atoms with Crippen LogP contribution in [0.5, 0.6) is 0 Å². The zero-order valence-electron chi connectivity index (χ0n) is 11.8. The van der Waals surface area contributed by atoms with Crippen molar-refractivity contribution >= 4 is 17.3 Å². The molecule has 0 bridgehead atoms. The predicted octanol–water partition coefficient (Wildman–Crippen LogP) is 5.66. The molecule has 0 fully saturated rings. The van der Waals surface area contributed by atoms with Crippen LogP contribution in [-0.2, 0) is 4.74 Å². The third-order valence-corrected chi connectivity index (χ3v) is 3.17. The fourth-order valence-corrected chi connectivity index (χ4v) is 2.07. The van der Waals surface area contributed by atoms with E-state index in [1.807, 2.05) is 6.92 Å². The van der Waals surface area contributed by atoms with Gasteiger partial charge in [0.15, 0.2) is 5.05 Å². The molecule has 0 aromatic heterocycles. The van der Waals surface area contributed by atoms with Gasteiger partial charge < -0.3 is 4.74 Å². The number of thiocarbonyl (C=S) groups is 1. The number of ether oxygens (including phenoxy) is 1. The standard InChI is InChI=1S/C15H30OS/c1-3-4-5-6-7-8-9-10-11-12-13-14-16-15(2)17/h3-14H2,1-2H3. The molecule has 17 heavy (non-hydrogen) atoms. The zero-order chi connectivity index (χ0) is 12.8. The van der Waals surface area contributed by atoms with Crippen LogP contribution in [0.15, 0.2) is 0 Å². The fourth-order valence-electron chi connectivity index (χ4n) is 1.98. The molecule has 0 aliphatic rings. The van der Waals surface area contributed by atoms with Gasteiger partial charge in [0.2, 0.25) is 0 Å². The lowest BCUT2D eigenvalue weighted by atomic mass is 10.1. The van der Waals surface area contributed by atoms with E-state index < -0.39 is 0 Å². The summed E-state index contributed by atoms with van der Waals surface area (Å²) >= 11 is 4.85. The van der Waals surface area contributed by atoms with Gasteiger partial charge in [0.1, 0.15) is 0 Å². The highest BCUT2D eigenvalue weighted by Crippen LogP contribution is 2.11. The zero-order valence-corrected chi connectivity index (χ0v) is 12.6. The van der Waals surface area contributed by atoms with Gasteiger partial charge in [-0.25, -0.2) is 0 Å². The summed E-state index contributed by atoms with van der Waals surface area (Å²) in [6.07, 6.45) is 15.1. The molecule has 2 heteroatoms. The average molecular weight is 258 g/mol. The van der Waals surface area contributed by atoms with Crippen molar-refractivity contribution in [3.8, 4) is 0 Å². The third kappa shape index (κ3) is 15.9. The lowest BCUT2D eigenvalue weighted by molar-refractivity contribution is 0.297. The van der Waals surface area contributed by atoms with E-state index in [-0.39, 0.29) is 0 Å². The van der Waals surface area contributed by atoms with Crippen LogP contribution >= 0.6 is 12.2 Å². The van der Waals surface area contributed by atoms with Crippen LogP contribution in [-0.4, -0.2) is 11.7 Å². The van der Waals surface area contributed by atoms with Gasteiger partial charge in [0, 0.05) is 6.92 Å². The molecule has 0 spiro atoms. The van der Waals surface area contributed by atoms with Gasteiger partial charge in [0.05, 0.1) is 6.61 Å². The van der Waals surface area contributed by atoms with Gasteiger partial charge in [-0.3, -0.25) is 0 Å². The minimum absolute atomic E-state index is 0.678. The second-order valence-corrected chi connectivity index (χ2v) is 5.45. The topological polar surface area (TPSA) is 9.23 Å². The predicted molar refractivity (Wildman–Crippen MR) is 80.7 cm³/mol. The van der Waals surface area contributed by atoms with Gasteiger partial charge in [-0.05, 0) is 18.6 Å². The molecular weight excluding hydrogens is 228 g/mol. The molecule has 0 heterocycles. The van der Waals surface area contributed by atoms with E-state index in [9.17, 15) is 0 Å². The van der Waals surface area contributed by atoms with Crippen molar-refractivity contribution in [3.63, 3.8) is 0 Å². The Bertz CT molecular complexity index is 168. The highest BCUT2D eigenvalue weighted by atomic mass is 32.1. The summed E-state index contributed by atoms with van der Waals surface area (Å²) in [5.74, 6) is 0. The summed E-state index contributed by atoms with van der Waals surface area (Å²) in [6.45, 7) is 4.93. The van der Waals surface area contributed by atoms with Crippen LogP contribution in [0.4, 0.5) is 0 Å². The van der Waals surface area contributed by atoms with Crippen LogP contribution in [0.1, 0.15) is 84.5 Å². The Morgan fingerprint density at radius 2 is 1.18 bits per heavy atom. The van der Waals surface area contributed by atoms with E-state index in [2.05, 4.69) is 6.92 Å². The van der Waals surface area contributed by atoms with Crippen LogP contribution in [0.3, 0.4) is 0 Å². The molecule has 0 aromatic rings. The van der Waals surface area contributed by atoms with Crippen molar-refractivity contribution in [2.75, 3.05) is 6.61 Å². The minimum atomic E-state index is 0.678. The first-order valence-electron chi connectivity index (χ1n) is 7.40. The summed E-state index contributed by atoms with van der Waals surface area (Å²) < 4.78 is 5.26. The molecule has 0 aliphatic heterocycles. The quantitative estimate of drug-likeness (QED) is 0.330. The van der Waals surface area contributed by atoms with Gasteiger partial charge in [-0.15, -0.1) is 0 Å². The monoisotopic (exact) mass is 258 g/mol. The maximum absolute atomic E-state index is 5.26. The maximum atomic E-state index is 5.26. The van der Waals surface area contributed by atoms with E-state index >= 15 is 0 Å². The number of hydrogen-bond donors (Lipinski definition) is 0. The largest absolute Gasteiger partial charge is 0.487 e. The van der Waals surface area contributed by atoms with E-state index in [1.54, 1.807) is 0 Å². The van der Waals surface area contributed by atoms with Crippen molar-refractivity contribution in [2.24, 2.45) is 0 Å². The lowest BCUT2D eigenvalue weighted by Gasteiger charge is -2.04. The Morgan fingerprint density at radius 3 is 1.59 bits per heavy atom. The summed E-state index contributed by atoms with van der Waals surface area (Å²) in [7, 11) is 0. The van der Waals surface area contributed by atoms with Crippen molar-refractivity contribution in [1.82, 2.24) is 0 Å². The van der Waals surface area contributed by atoms with Crippen LogP contribution in [0.25, 0.3) is 0 Å². The lowest BCUT2D eigenvalue weighted by Crippen LogP contribution is -1.97. The molecule has 1 nitrogen and oxygen atoms in total. The molecular formula is C15H30OS. The minimum Gasteiger partial charge on any atom is -0.487 e. The molecule has 0 aromatic carbocycles. The first-order valence-corrected chi connectivity index (χ1v) is 7.81. The highest BCUT2D eigenvalue weighted by molar-refractivity contribution is 7.80. The second-order valence-electron chi connectivity index (χ2n) is 4.88. The summed E-state index contributed by atoms with van der Waals surface area (Å²) in [5.41, 5.74) is 0. The van der Waals surface area contributed by atoms with Crippen molar-refractivity contribution in [1.29, 1.82) is 0 Å². The molecule has 0 atom stereocenters. The van der Waals surface area contributed by atoms with Crippen LogP contribution in [0.2, 0.25) is 0 Å². The molecule has 0 saturated carbocycles. The van der Waals surface area contributed by atoms with Crippen molar-refractivity contribution < 1.29 is 4.74 Å². The van der Waals surface area contributed by atoms with E-state index in [4.69, 9.17) is 17.0 Å². The first-order chi connectivity index (χ1) is 8.27. The van der Waals surface area contributed by atoms with Crippen LogP contribution in [0, 0.1) is 0 Å². The second kappa shape index (κ2) is 14.0. The third-order valence-electron chi connectivity index (χ3n) is 3.05. The van der Waals surface area contributed by atoms with Crippen LogP contribution < -0.4 is 0 Å². The summed E-state index contributed by atoms with van der Waals surface area (Å²) in [4.78, 5) is 0.